The average molecular weight is 477 g/mol. The van der Waals surface area contributed by atoms with Gasteiger partial charge in [0.25, 0.3) is 0 Å². The Bertz CT molecular complexity index is 778. The number of halogens is 2. The van der Waals surface area contributed by atoms with E-state index in [-0.39, 0.29) is 12.0 Å². The molecule has 168 valence electrons. The summed E-state index contributed by atoms with van der Waals surface area (Å²) in [5.41, 5.74) is -1.09. The molecule has 6 nitrogen and oxygen atoms in total. The molecule has 1 saturated carbocycles. The van der Waals surface area contributed by atoms with Crippen molar-refractivity contribution in [2.45, 2.75) is 70.0 Å². The van der Waals surface area contributed by atoms with Crippen LogP contribution in [0.1, 0.15) is 64.4 Å². The van der Waals surface area contributed by atoms with Crippen LogP contribution >= 0.6 is 34.5 Å². The predicted octanol–water partition coefficient (Wildman–Crippen LogP) is 4.91. The zero-order valence-corrected chi connectivity index (χ0v) is 20.1. The Kier molecular flexibility index (Phi) is 7.27. The van der Waals surface area contributed by atoms with E-state index in [2.05, 4.69) is 0 Å². The third-order valence-corrected chi connectivity index (χ3v) is 7.26. The second kappa shape index (κ2) is 9.23. The fourth-order valence-electron chi connectivity index (χ4n) is 4.27. The Labute approximate surface area is 192 Å². The molecule has 1 N–H and O–H groups in total. The number of hydrogen-bond acceptors (Lipinski definition) is 5. The van der Waals surface area contributed by atoms with Crippen LogP contribution in [-0.4, -0.2) is 64.3 Å². The van der Waals surface area contributed by atoms with Crippen molar-refractivity contribution >= 4 is 46.5 Å². The Hall–Kier alpha value is -1.02. The summed E-state index contributed by atoms with van der Waals surface area (Å²) in [4.78, 5) is 29.3. The van der Waals surface area contributed by atoms with E-state index in [4.69, 9.17) is 27.9 Å². The van der Waals surface area contributed by atoms with Gasteiger partial charge in [0.05, 0.1) is 20.2 Å². The molecule has 9 heteroatoms. The Morgan fingerprint density at radius 1 is 1.10 bits per heavy atom. The molecule has 2 heterocycles. The van der Waals surface area contributed by atoms with Gasteiger partial charge in [-0.15, -0.1) is 11.3 Å². The molecule has 2 amide bonds. The maximum Gasteiger partial charge on any atom is 0.410 e. The number of nitrogens with zero attached hydrogens (tertiary/aromatic N) is 2. The van der Waals surface area contributed by atoms with Crippen molar-refractivity contribution in [1.29, 1.82) is 0 Å². The molecule has 1 saturated heterocycles. The monoisotopic (exact) mass is 476 g/mol. The maximum absolute atomic E-state index is 13.6. The molecule has 30 heavy (non-hydrogen) atoms. The molecule has 3 rings (SSSR count). The van der Waals surface area contributed by atoms with E-state index in [9.17, 15) is 14.7 Å². The summed E-state index contributed by atoms with van der Waals surface area (Å²) in [5.74, 6) is -0.901. The number of aliphatic hydroxyl groups is 1. The first kappa shape index (κ1) is 23.6. The van der Waals surface area contributed by atoms with Gasteiger partial charge in [-0.05, 0) is 45.2 Å². The molecule has 1 aromatic heterocycles. The summed E-state index contributed by atoms with van der Waals surface area (Å²) in [5, 5.41) is 11.5. The molecule has 1 aliphatic heterocycles. The van der Waals surface area contributed by atoms with E-state index in [1.165, 1.54) is 11.3 Å². The van der Waals surface area contributed by atoms with Crippen LogP contribution in [0.3, 0.4) is 0 Å². The average Bonchev–Trinajstić information content (AvgIpc) is 2.98. The molecule has 0 bridgehead atoms. The minimum absolute atomic E-state index is 0.153. The van der Waals surface area contributed by atoms with Crippen molar-refractivity contribution in [3.8, 4) is 0 Å². The lowest BCUT2D eigenvalue weighted by atomic mass is 9.72. The third-order valence-electron chi connectivity index (χ3n) is 5.74. The number of hydrogen-bond donors (Lipinski definition) is 1. The van der Waals surface area contributed by atoms with E-state index in [0.717, 1.165) is 19.3 Å². The second-order valence-corrected chi connectivity index (χ2v) is 11.5. The standard InChI is InChI=1S/C21H30Cl2N2O4S/c1-20(2,3)29-19(27)25-11-9-24(10-12-25)18(26)16(14-13-15(22)30-17(14)23)21(28)7-5-4-6-8-21/h13,16,28H,4-12H2,1-3H3. The van der Waals surface area contributed by atoms with Crippen LogP contribution in [0.4, 0.5) is 4.79 Å². The minimum atomic E-state index is -1.13. The van der Waals surface area contributed by atoms with E-state index in [1.54, 1.807) is 15.9 Å². The Morgan fingerprint density at radius 2 is 1.67 bits per heavy atom. The molecule has 1 unspecified atom stereocenters. The van der Waals surface area contributed by atoms with Crippen molar-refractivity contribution in [3.05, 3.63) is 20.3 Å². The third kappa shape index (κ3) is 5.42. The molecule has 0 radical (unpaired) electrons. The molecule has 1 aromatic rings. The van der Waals surface area contributed by atoms with Gasteiger partial charge in [0, 0.05) is 26.2 Å². The van der Waals surface area contributed by atoms with Gasteiger partial charge < -0.3 is 19.6 Å². The molecular formula is C21H30Cl2N2O4S. The van der Waals surface area contributed by atoms with E-state index >= 15 is 0 Å². The number of carbonyl (C=O) groups is 2. The zero-order valence-electron chi connectivity index (χ0n) is 17.7. The van der Waals surface area contributed by atoms with Crippen LogP contribution in [0.5, 0.6) is 0 Å². The zero-order chi connectivity index (χ0) is 22.1. The highest BCUT2D eigenvalue weighted by molar-refractivity contribution is 7.20. The topological polar surface area (TPSA) is 70.1 Å². The van der Waals surface area contributed by atoms with Crippen LogP contribution in [0.15, 0.2) is 6.07 Å². The lowest BCUT2D eigenvalue weighted by Crippen LogP contribution is -2.55. The van der Waals surface area contributed by atoms with E-state index < -0.39 is 17.1 Å². The van der Waals surface area contributed by atoms with Gasteiger partial charge in [-0.1, -0.05) is 42.5 Å². The number of amides is 2. The van der Waals surface area contributed by atoms with Gasteiger partial charge in [-0.25, -0.2) is 4.79 Å². The lowest BCUT2D eigenvalue weighted by Gasteiger charge is -2.42. The maximum atomic E-state index is 13.6. The summed E-state index contributed by atoms with van der Waals surface area (Å²) in [6, 6.07) is 1.71. The first-order chi connectivity index (χ1) is 14.0. The van der Waals surface area contributed by atoms with Crippen LogP contribution < -0.4 is 0 Å². The van der Waals surface area contributed by atoms with Crippen LogP contribution in [0.25, 0.3) is 0 Å². The number of rotatable bonds is 3. The summed E-state index contributed by atoms with van der Waals surface area (Å²) < 4.78 is 6.38. The highest BCUT2D eigenvalue weighted by Gasteiger charge is 2.46. The van der Waals surface area contributed by atoms with E-state index in [1.807, 2.05) is 20.8 Å². The SMILES string of the molecule is CC(C)(C)OC(=O)N1CCN(C(=O)C(c2cc(Cl)sc2Cl)C2(O)CCCCC2)CC1. The highest BCUT2D eigenvalue weighted by Crippen LogP contribution is 2.46. The summed E-state index contributed by atoms with van der Waals surface area (Å²) in [6.45, 7) is 7.05. The van der Waals surface area contributed by atoms with Crippen LogP contribution in [-0.2, 0) is 9.53 Å². The van der Waals surface area contributed by atoms with E-state index in [0.29, 0.717) is 53.3 Å². The van der Waals surface area contributed by atoms with Gasteiger partial charge in [-0.3, -0.25) is 4.79 Å². The van der Waals surface area contributed by atoms with Crippen molar-refractivity contribution < 1.29 is 19.4 Å². The van der Waals surface area contributed by atoms with Crippen molar-refractivity contribution in [3.63, 3.8) is 0 Å². The summed E-state index contributed by atoms with van der Waals surface area (Å²) in [6.07, 6.45) is 3.56. The van der Waals surface area contributed by atoms with Gasteiger partial charge in [0.15, 0.2) is 0 Å². The van der Waals surface area contributed by atoms with Crippen molar-refractivity contribution in [1.82, 2.24) is 9.80 Å². The lowest BCUT2D eigenvalue weighted by molar-refractivity contribution is -0.143. The van der Waals surface area contributed by atoms with Crippen LogP contribution in [0.2, 0.25) is 8.67 Å². The molecule has 2 fully saturated rings. The highest BCUT2D eigenvalue weighted by atomic mass is 35.5. The first-order valence-electron chi connectivity index (χ1n) is 10.4. The number of carbonyl (C=O) groups excluding carboxylic acids is 2. The van der Waals surface area contributed by atoms with Gasteiger partial charge >= 0.3 is 6.09 Å². The Balaban J connectivity index is 1.76. The molecule has 0 aromatic carbocycles. The van der Waals surface area contributed by atoms with Gasteiger partial charge in [0.2, 0.25) is 5.91 Å². The van der Waals surface area contributed by atoms with Gasteiger partial charge in [0.1, 0.15) is 5.60 Å². The largest absolute Gasteiger partial charge is 0.444 e. The smallest absolute Gasteiger partial charge is 0.410 e. The van der Waals surface area contributed by atoms with Gasteiger partial charge in [-0.2, -0.15) is 0 Å². The summed E-state index contributed by atoms with van der Waals surface area (Å²) in [7, 11) is 0. The minimum Gasteiger partial charge on any atom is -0.444 e. The Morgan fingerprint density at radius 3 is 2.17 bits per heavy atom. The second-order valence-electron chi connectivity index (χ2n) is 9.17. The molecule has 0 spiro atoms. The predicted molar refractivity (Wildman–Crippen MR) is 120 cm³/mol. The molecular weight excluding hydrogens is 447 g/mol. The fourth-order valence-corrected chi connectivity index (χ4v) is 5.81. The molecule has 1 atom stereocenters. The normalized spacial score (nSPS) is 20.7. The number of ether oxygens (including phenoxy) is 1. The van der Waals surface area contributed by atoms with Crippen molar-refractivity contribution in [2.75, 3.05) is 26.2 Å². The fraction of sp³-hybridized carbons (Fsp3) is 0.714. The summed E-state index contributed by atoms with van der Waals surface area (Å²) >= 11 is 13.8. The molecule has 1 aliphatic carbocycles. The first-order valence-corrected chi connectivity index (χ1v) is 12.0. The number of piperazine rings is 1. The quantitative estimate of drug-likeness (QED) is 0.672. The number of thiophene rings is 1. The van der Waals surface area contributed by atoms with Crippen molar-refractivity contribution in [2.24, 2.45) is 0 Å². The van der Waals surface area contributed by atoms with Crippen LogP contribution in [0, 0.1) is 0 Å². The molecule has 2 aliphatic rings.